The lowest BCUT2D eigenvalue weighted by molar-refractivity contribution is -0.137. The summed E-state index contributed by atoms with van der Waals surface area (Å²) in [5.41, 5.74) is -0.783. The molecule has 2 aromatic carbocycles. The monoisotopic (exact) mass is 421 g/mol. The molecule has 5 nitrogen and oxygen atoms in total. The van der Waals surface area contributed by atoms with E-state index in [2.05, 4.69) is 10.3 Å². The van der Waals surface area contributed by atoms with Gasteiger partial charge in [0.1, 0.15) is 17.2 Å². The predicted molar refractivity (Wildman–Crippen MR) is 97.5 cm³/mol. The number of hydrogen-bond donors (Lipinski definition) is 2. The van der Waals surface area contributed by atoms with Crippen molar-refractivity contribution in [3.8, 4) is 11.3 Å². The van der Waals surface area contributed by atoms with Gasteiger partial charge in [-0.15, -0.1) is 0 Å². The Morgan fingerprint density at radius 1 is 0.867 bits per heavy atom. The van der Waals surface area contributed by atoms with E-state index in [0.29, 0.717) is 11.3 Å². The zero-order valence-corrected chi connectivity index (χ0v) is 14.9. The molecule has 1 aromatic heterocycles. The smallest absolute Gasteiger partial charge is 0.306 e. The Morgan fingerprint density at radius 2 is 1.50 bits per heavy atom. The largest absolute Gasteiger partial charge is 0.416 e. The molecule has 0 saturated heterocycles. The van der Waals surface area contributed by atoms with Gasteiger partial charge in [0.05, 0.1) is 23.1 Å². The third kappa shape index (κ3) is 4.77. The highest BCUT2D eigenvalue weighted by Crippen LogP contribution is 2.30. The summed E-state index contributed by atoms with van der Waals surface area (Å²) < 4.78 is 65.0. The lowest BCUT2D eigenvalue weighted by atomic mass is 10.1. The number of benzene rings is 2. The second-order valence-electron chi connectivity index (χ2n) is 6.01. The minimum atomic E-state index is -4.45. The molecule has 2 N–H and O–H groups in total. The Morgan fingerprint density at radius 3 is 2.03 bits per heavy atom. The second-order valence-corrected chi connectivity index (χ2v) is 6.01. The van der Waals surface area contributed by atoms with E-state index in [-0.39, 0.29) is 5.69 Å². The average Bonchev–Trinajstić information content (AvgIpc) is 2.68. The van der Waals surface area contributed by atoms with Gasteiger partial charge in [0.25, 0.3) is 5.91 Å². The molecule has 0 aliphatic carbocycles. The Balaban J connectivity index is 1.65. The molecule has 0 radical (unpaired) electrons. The fourth-order valence-electron chi connectivity index (χ4n) is 2.51. The highest BCUT2D eigenvalue weighted by Gasteiger charge is 2.30. The zero-order chi connectivity index (χ0) is 21.9. The maximum Gasteiger partial charge on any atom is 0.416 e. The topological polar surface area (TPSA) is 71.1 Å². The van der Waals surface area contributed by atoms with E-state index in [1.54, 1.807) is 5.32 Å². The summed E-state index contributed by atoms with van der Waals surface area (Å²) >= 11 is 0. The first kappa shape index (κ1) is 20.9. The quantitative estimate of drug-likeness (QED) is 0.585. The van der Waals surface area contributed by atoms with Gasteiger partial charge in [-0.05, 0) is 36.4 Å². The van der Waals surface area contributed by atoms with Crippen LogP contribution >= 0.6 is 0 Å². The van der Waals surface area contributed by atoms with Gasteiger partial charge in [-0.3, -0.25) is 15.1 Å². The first-order valence-electron chi connectivity index (χ1n) is 8.35. The Bertz CT molecular complexity index is 1060. The van der Waals surface area contributed by atoms with Gasteiger partial charge in [0.15, 0.2) is 0 Å². The van der Waals surface area contributed by atoms with Crippen molar-refractivity contribution < 1.29 is 31.5 Å². The number of anilines is 1. The third-order valence-corrected chi connectivity index (χ3v) is 3.95. The van der Waals surface area contributed by atoms with Gasteiger partial charge in [-0.2, -0.15) is 13.2 Å². The number of amides is 3. The number of nitrogens with zero attached hydrogens (tertiary/aromatic N) is 1. The number of urea groups is 1. The number of aromatic nitrogens is 1. The summed E-state index contributed by atoms with van der Waals surface area (Å²) in [5.74, 6) is -3.51. The molecule has 0 aliphatic rings. The maximum atomic E-state index is 13.6. The van der Waals surface area contributed by atoms with Crippen LogP contribution in [0.1, 0.15) is 15.9 Å². The number of alkyl halides is 3. The number of carbonyl (C=O) groups excluding carboxylic acids is 2. The van der Waals surface area contributed by atoms with Gasteiger partial charge < -0.3 is 5.32 Å². The molecule has 0 bridgehead atoms. The number of pyridine rings is 1. The van der Waals surface area contributed by atoms with Crippen LogP contribution in [0.25, 0.3) is 11.3 Å². The molecule has 3 rings (SSSR count). The van der Waals surface area contributed by atoms with Gasteiger partial charge in [0.2, 0.25) is 0 Å². The van der Waals surface area contributed by atoms with Crippen molar-refractivity contribution in [3.05, 3.63) is 83.6 Å². The molecule has 1 heterocycles. The van der Waals surface area contributed by atoms with Crippen LogP contribution in [0.5, 0.6) is 0 Å². The number of hydrogen-bond acceptors (Lipinski definition) is 3. The Hall–Kier alpha value is -3.82. The number of halogens is 5. The third-order valence-electron chi connectivity index (χ3n) is 3.95. The molecule has 30 heavy (non-hydrogen) atoms. The molecule has 0 atom stereocenters. The van der Waals surface area contributed by atoms with E-state index in [9.17, 15) is 31.5 Å². The molecule has 0 saturated carbocycles. The molecule has 0 spiro atoms. The lowest BCUT2D eigenvalue weighted by Gasteiger charge is -2.09. The van der Waals surface area contributed by atoms with Crippen LogP contribution in [0, 0.1) is 11.6 Å². The fourth-order valence-corrected chi connectivity index (χ4v) is 2.51. The molecule has 154 valence electrons. The van der Waals surface area contributed by atoms with Crippen molar-refractivity contribution in [1.29, 1.82) is 0 Å². The van der Waals surface area contributed by atoms with E-state index in [4.69, 9.17) is 0 Å². The number of rotatable bonds is 3. The van der Waals surface area contributed by atoms with Crippen LogP contribution in [0.4, 0.5) is 32.4 Å². The maximum absolute atomic E-state index is 13.6. The molecule has 0 aliphatic heterocycles. The van der Waals surface area contributed by atoms with Crippen molar-refractivity contribution in [1.82, 2.24) is 10.3 Å². The van der Waals surface area contributed by atoms with Crippen molar-refractivity contribution in [2.75, 3.05) is 5.32 Å². The van der Waals surface area contributed by atoms with Crippen molar-refractivity contribution in [2.45, 2.75) is 6.18 Å². The molecule has 3 aromatic rings. The predicted octanol–water partition coefficient (Wildman–Crippen LogP) is 5.01. The normalized spacial score (nSPS) is 11.1. The Labute approximate surface area is 166 Å². The molecule has 10 heteroatoms. The molecule has 3 amide bonds. The molecular formula is C20H12F5N3O2. The molecule has 0 fully saturated rings. The minimum absolute atomic E-state index is 0.143. The van der Waals surface area contributed by atoms with Gasteiger partial charge >= 0.3 is 12.2 Å². The van der Waals surface area contributed by atoms with Crippen molar-refractivity contribution >= 4 is 17.6 Å². The first-order chi connectivity index (χ1) is 14.1. The summed E-state index contributed by atoms with van der Waals surface area (Å²) in [6, 6.07) is 8.97. The fraction of sp³-hybridized carbons (Fsp3) is 0.0500. The van der Waals surface area contributed by atoms with Gasteiger partial charge in [-0.1, -0.05) is 18.2 Å². The van der Waals surface area contributed by atoms with Gasteiger partial charge in [0, 0.05) is 5.56 Å². The summed E-state index contributed by atoms with van der Waals surface area (Å²) in [7, 11) is 0. The number of nitrogens with one attached hydrogen (secondary N) is 2. The first-order valence-corrected chi connectivity index (χ1v) is 8.35. The van der Waals surface area contributed by atoms with E-state index < -0.39 is 40.9 Å². The molecule has 0 unspecified atom stereocenters. The zero-order valence-electron chi connectivity index (χ0n) is 14.9. The van der Waals surface area contributed by atoms with E-state index in [0.717, 1.165) is 30.3 Å². The summed E-state index contributed by atoms with van der Waals surface area (Å²) in [6.07, 6.45) is -3.24. The molecular weight excluding hydrogens is 409 g/mol. The van der Waals surface area contributed by atoms with E-state index in [1.807, 2.05) is 0 Å². The van der Waals surface area contributed by atoms with Crippen LogP contribution in [0.15, 0.2) is 60.8 Å². The van der Waals surface area contributed by atoms with Crippen LogP contribution < -0.4 is 10.6 Å². The van der Waals surface area contributed by atoms with Crippen LogP contribution in [0.3, 0.4) is 0 Å². The summed E-state index contributed by atoms with van der Waals surface area (Å²) in [6.45, 7) is 0. The van der Waals surface area contributed by atoms with Crippen LogP contribution in [0.2, 0.25) is 0 Å². The highest BCUT2D eigenvalue weighted by atomic mass is 19.4. The summed E-state index contributed by atoms with van der Waals surface area (Å²) in [5, 5.41) is 4.05. The Kier molecular flexibility index (Phi) is 5.77. The van der Waals surface area contributed by atoms with Crippen molar-refractivity contribution in [3.63, 3.8) is 0 Å². The summed E-state index contributed by atoms with van der Waals surface area (Å²) in [4.78, 5) is 27.8. The lowest BCUT2D eigenvalue weighted by Crippen LogP contribution is -2.35. The second kappa shape index (κ2) is 8.27. The van der Waals surface area contributed by atoms with Crippen LogP contribution in [-0.4, -0.2) is 16.9 Å². The highest BCUT2D eigenvalue weighted by molar-refractivity contribution is 6.08. The van der Waals surface area contributed by atoms with E-state index >= 15 is 0 Å². The standard InChI is InChI=1S/C20H12F5N3O2/c21-14-2-1-3-15(22)17(14)18(29)28-19(30)27-13-8-9-16(26-10-13)11-4-6-12(7-5-11)20(23,24)25/h1-10H,(H2,27,28,29,30). The SMILES string of the molecule is O=C(NC(=O)c1c(F)cccc1F)Nc1ccc(-c2ccc(C(F)(F)F)cc2)nc1. The average molecular weight is 421 g/mol. The van der Waals surface area contributed by atoms with Gasteiger partial charge in [-0.25, -0.2) is 13.6 Å². The minimum Gasteiger partial charge on any atom is -0.306 e. The van der Waals surface area contributed by atoms with Crippen molar-refractivity contribution in [2.24, 2.45) is 0 Å². The van der Waals surface area contributed by atoms with E-state index in [1.165, 1.54) is 30.5 Å². The van der Waals surface area contributed by atoms with Crippen LogP contribution in [-0.2, 0) is 6.18 Å². The number of imide groups is 1. The number of carbonyl (C=O) groups is 2.